The van der Waals surface area contributed by atoms with Gasteiger partial charge in [-0.05, 0) is 35.0 Å². The highest BCUT2D eigenvalue weighted by Crippen LogP contribution is 2.40. The van der Waals surface area contributed by atoms with Gasteiger partial charge in [0.1, 0.15) is 0 Å². The number of ether oxygens (including phenoxy) is 3. The van der Waals surface area contributed by atoms with Crippen molar-refractivity contribution in [1.29, 1.82) is 0 Å². The minimum atomic E-state index is -0.876. The first-order valence-electron chi connectivity index (χ1n) is 6.64. The molecule has 1 aliphatic heterocycles. The fourth-order valence-electron chi connectivity index (χ4n) is 1.84. The van der Waals surface area contributed by atoms with Crippen LogP contribution in [0.3, 0.4) is 0 Å². The summed E-state index contributed by atoms with van der Waals surface area (Å²) in [5.41, 5.74) is 0.0754. The summed E-state index contributed by atoms with van der Waals surface area (Å²) in [5.74, 6) is -0.588. The molecule has 0 bridgehead atoms. The van der Waals surface area contributed by atoms with E-state index in [4.69, 9.17) is 14.2 Å². The zero-order valence-corrected chi connectivity index (χ0v) is 13.8. The molecule has 0 radical (unpaired) electrons. The largest absolute Gasteiger partial charge is 0.489 e. The van der Waals surface area contributed by atoms with Crippen LogP contribution in [0.4, 0.5) is 0 Å². The number of esters is 1. The fraction of sp³-hybridized carbons (Fsp3) is 0.467. The smallest absolute Gasteiger partial charge is 0.379 e. The van der Waals surface area contributed by atoms with Crippen molar-refractivity contribution in [3.63, 3.8) is 0 Å². The summed E-state index contributed by atoms with van der Waals surface area (Å²) in [4.78, 5) is 23.5. The molecule has 0 aliphatic carbocycles. The summed E-state index contributed by atoms with van der Waals surface area (Å²) in [6, 6.07) is 3.06. The molecule has 0 fully saturated rings. The Morgan fingerprint density at radius 3 is 2.62 bits per heavy atom. The van der Waals surface area contributed by atoms with Gasteiger partial charge in [0.25, 0.3) is 5.78 Å². The van der Waals surface area contributed by atoms with Gasteiger partial charge in [-0.3, -0.25) is 4.79 Å². The number of hydrogen-bond donors (Lipinski definition) is 0. The van der Waals surface area contributed by atoms with E-state index in [0.29, 0.717) is 29.2 Å². The summed E-state index contributed by atoms with van der Waals surface area (Å²) in [6.45, 7) is 6.82. The highest BCUT2D eigenvalue weighted by atomic mass is 79.9. The van der Waals surface area contributed by atoms with Crippen molar-refractivity contribution in [2.45, 2.75) is 20.8 Å². The Kier molecular flexibility index (Phi) is 4.56. The van der Waals surface area contributed by atoms with E-state index in [-0.39, 0.29) is 17.6 Å². The van der Waals surface area contributed by atoms with Gasteiger partial charge < -0.3 is 14.2 Å². The van der Waals surface area contributed by atoms with Crippen molar-refractivity contribution < 1.29 is 23.8 Å². The maximum Gasteiger partial charge on any atom is 0.379 e. The van der Waals surface area contributed by atoms with E-state index < -0.39 is 11.8 Å². The zero-order chi connectivity index (χ0) is 15.6. The molecule has 0 amide bonds. The van der Waals surface area contributed by atoms with Crippen molar-refractivity contribution in [3.05, 3.63) is 22.2 Å². The number of halogens is 1. The van der Waals surface area contributed by atoms with Gasteiger partial charge in [-0.1, -0.05) is 13.8 Å². The molecule has 1 heterocycles. The van der Waals surface area contributed by atoms with Gasteiger partial charge in [-0.2, -0.15) is 0 Å². The second-order valence-corrected chi connectivity index (χ2v) is 6.43. The Morgan fingerprint density at radius 1 is 1.29 bits per heavy atom. The number of rotatable bonds is 3. The Hall–Kier alpha value is -1.56. The highest BCUT2D eigenvalue weighted by molar-refractivity contribution is 9.10. The lowest BCUT2D eigenvalue weighted by Gasteiger charge is -2.19. The van der Waals surface area contributed by atoms with Crippen molar-refractivity contribution in [2.24, 2.45) is 5.41 Å². The van der Waals surface area contributed by atoms with Crippen LogP contribution in [0.1, 0.15) is 31.1 Å². The highest BCUT2D eigenvalue weighted by Gasteiger charge is 2.28. The second kappa shape index (κ2) is 6.05. The third-order valence-electron chi connectivity index (χ3n) is 2.96. The molecule has 5 nitrogen and oxygen atoms in total. The second-order valence-electron chi connectivity index (χ2n) is 5.58. The van der Waals surface area contributed by atoms with E-state index in [1.807, 2.05) is 13.8 Å². The average Bonchev–Trinajstić information content (AvgIpc) is 2.57. The first kappa shape index (κ1) is 15.8. The van der Waals surface area contributed by atoms with Crippen LogP contribution in [0.25, 0.3) is 0 Å². The molecule has 6 heteroatoms. The third-order valence-corrected chi connectivity index (χ3v) is 3.55. The van der Waals surface area contributed by atoms with Crippen LogP contribution in [0, 0.1) is 5.41 Å². The van der Waals surface area contributed by atoms with Crippen LogP contribution < -0.4 is 9.47 Å². The molecule has 1 aromatic rings. The number of carbonyl (C=O) groups is 2. The number of ketones is 1. The average molecular weight is 357 g/mol. The quantitative estimate of drug-likeness (QED) is 0.473. The predicted molar refractivity (Wildman–Crippen MR) is 79.9 cm³/mol. The number of hydrogen-bond acceptors (Lipinski definition) is 5. The minimum Gasteiger partial charge on any atom is -0.489 e. The van der Waals surface area contributed by atoms with Gasteiger partial charge in [-0.15, -0.1) is 0 Å². The predicted octanol–water partition coefficient (Wildman–Crippen LogP) is 2.99. The van der Waals surface area contributed by atoms with E-state index in [0.717, 1.165) is 0 Å². The van der Waals surface area contributed by atoms with E-state index in [9.17, 15) is 9.59 Å². The maximum absolute atomic E-state index is 12.0. The maximum atomic E-state index is 12.0. The molecule has 1 aromatic carbocycles. The Labute approximate surface area is 131 Å². The van der Waals surface area contributed by atoms with Gasteiger partial charge in [-0.25, -0.2) is 4.79 Å². The lowest BCUT2D eigenvalue weighted by atomic mass is 9.97. The summed E-state index contributed by atoms with van der Waals surface area (Å²) >= 11 is 3.35. The van der Waals surface area contributed by atoms with Crippen molar-refractivity contribution in [2.75, 3.05) is 19.8 Å². The van der Waals surface area contributed by atoms with Gasteiger partial charge in [0.05, 0.1) is 24.3 Å². The van der Waals surface area contributed by atoms with Crippen LogP contribution >= 0.6 is 15.9 Å². The first-order valence-corrected chi connectivity index (χ1v) is 7.44. The summed E-state index contributed by atoms with van der Waals surface area (Å²) < 4.78 is 16.8. The van der Waals surface area contributed by atoms with Crippen LogP contribution in [0.5, 0.6) is 11.5 Å². The number of Topliss-reactive ketones (excluding diaryl/α,β-unsaturated/α-hetero) is 1. The lowest BCUT2D eigenvalue weighted by Crippen LogP contribution is -2.26. The minimum absolute atomic E-state index is 0.135. The number of fused-ring (bicyclic) bond motifs is 1. The Morgan fingerprint density at radius 2 is 1.95 bits per heavy atom. The van der Waals surface area contributed by atoms with Gasteiger partial charge >= 0.3 is 5.97 Å². The molecule has 0 unspecified atom stereocenters. The summed E-state index contributed by atoms with van der Waals surface area (Å²) in [5, 5.41) is 0. The fourth-order valence-corrected chi connectivity index (χ4v) is 2.40. The molecule has 0 spiro atoms. The SMILES string of the molecule is CCOC(=O)C(=O)c1cc(Br)c2c(c1)OCC(C)(C)CO2. The molecule has 2 rings (SSSR count). The molecule has 114 valence electrons. The Balaban J connectivity index is 2.33. The molecule has 1 aliphatic rings. The van der Waals surface area contributed by atoms with E-state index in [2.05, 4.69) is 15.9 Å². The van der Waals surface area contributed by atoms with Gasteiger partial charge in [0.15, 0.2) is 11.5 Å². The molecule has 0 saturated heterocycles. The van der Waals surface area contributed by atoms with Crippen LogP contribution in [0.15, 0.2) is 16.6 Å². The molecule has 0 saturated carbocycles. The van der Waals surface area contributed by atoms with Crippen molar-refractivity contribution >= 4 is 27.7 Å². The van der Waals surface area contributed by atoms with Crippen molar-refractivity contribution in [3.8, 4) is 11.5 Å². The molecular formula is C15H17BrO5. The lowest BCUT2D eigenvalue weighted by molar-refractivity contribution is -0.137. The summed E-state index contributed by atoms with van der Waals surface area (Å²) in [7, 11) is 0. The molecule has 0 atom stereocenters. The molecule has 0 aromatic heterocycles. The van der Waals surface area contributed by atoms with Crippen LogP contribution in [0.2, 0.25) is 0 Å². The van der Waals surface area contributed by atoms with E-state index in [1.54, 1.807) is 13.0 Å². The standard InChI is InChI=1S/C15H17BrO5/c1-4-19-14(18)12(17)9-5-10(16)13-11(6-9)20-7-15(2,3)8-21-13/h5-6H,4,7-8H2,1-3H3. The van der Waals surface area contributed by atoms with Crippen molar-refractivity contribution in [1.82, 2.24) is 0 Å². The summed E-state index contributed by atoms with van der Waals surface area (Å²) in [6.07, 6.45) is 0. The number of carbonyl (C=O) groups excluding carboxylic acids is 2. The normalized spacial score (nSPS) is 16.0. The van der Waals surface area contributed by atoms with Crippen LogP contribution in [-0.4, -0.2) is 31.6 Å². The monoisotopic (exact) mass is 356 g/mol. The number of benzene rings is 1. The van der Waals surface area contributed by atoms with Crippen LogP contribution in [-0.2, 0) is 9.53 Å². The topological polar surface area (TPSA) is 61.8 Å². The zero-order valence-electron chi connectivity index (χ0n) is 12.2. The van der Waals surface area contributed by atoms with E-state index >= 15 is 0 Å². The van der Waals surface area contributed by atoms with Gasteiger partial charge in [0.2, 0.25) is 0 Å². The molecule has 0 N–H and O–H groups in total. The Bertz CT molecular complexity index is 580. The van der Waals surface area contributed by atoms with Gasteiger partial charge in [0, 0.05) is 11.0 Å². The van der Waals surface area contributed by atoms with E-state index in [1.165, 1.54) is 6.07 Å². The third kappa shape index (κ3) is 3.56. The molecular weight excluding hydrogens is 340 g/mol. The molecule has 21 heavy (non-hydrogen) atoms. The first-order chi connectivity index (χ1) is 9.84.